The van der Waals surface area contributed by atoms with Crippen LogP contribution in [-0.2, 0) is 17.4 Å². The number of halogens is 5. The van der Waals surface area contributed by atoms with E-state index >= 15 is 0 Å². The van der Waals surface area contributed by atoms with Crippen LogP contribution in [0.5, 0.6) is 0 Å². The highest BCUT2D eigenvalue weighted by Crippen LogP contribution is 2.33. The van der Waals surface area contributed by atoms with Crippen molar-refractivity contribution >= 4 is 5.97 Å². The normalized spacial score (nSPS) is 11.9. The number of carbonyl (C=O) groups is 1. The first kappa shape index (κ1) is 14.3. The minimum Gasteiger partial charge on any atom is -0.481 e. The van der Waals surface area contributed by atoms with Crippen LogP contribution >= 0.6 is 0 Å². The van der Waals surface area contributed by atoms with Gasteiger partial charge in [0.1, 0.15) is 11.4 Å². The van der Waals surface area contributed by atoms with Crippen molar-refractivity contribution < 1.29 is 31.9 Å². The lowest BCUT2D eigenvalue weighted by atomic mass is 10.1. The highest BCUT2D eigenvalue weighted by atomic mass is 19.4. The maximum absolute atomic E-state index is 12.6. The maximum atomic E-state index is 12.6. The summed E-state index contributed by atoms with van der Waals surface area (Å²) in [5, 5.41) is 8.50. The van der Waals surface area contributed by atoms with E-state index in [0.717, 1.165) is 13.0 Å². The van der Waals surface area contributed by atoms with Crippen LogP contribution in [0.1, 0.15) is 28.9 Å². The minimum absolute atomic E-state index is 0.386. The van der Waals surface area contributed by atoms with Gasteiger partial charge in [0.05, 0.1) is 6.42 Å². The molecule has 1 rings (SSSR count). The molecule has 1 N–H and O–H groups in total. The molecule has 0 atom stereocenters. The summed E-state index contributed by atoms with van der Waals surface area (Å²) in [6, 6.07) is 0.783. The molecule has 0 saturated heterocycles. The van der Waals surface area contributed by atoms with E-state index < -0.39 is 41.9 Å². The number of nitrogens with zero attached hydrogens (tertiary/aromatic N) is 1. The van der Waals surface area contributed by atoms with Crippen molar-refractivity contribution in [2.24, 2.45) is 0 Å². The van der Waals surface area contributed by atoms with Crippen LogP contribution in [0.2, 0.25) is 0 Å². The van der Waals surface area contributed by atoms with Crippen LogP contribution in [0.15, 0.2) is 6.07 Å². The third-order valence-electron chi connectivity index (χ3n) is 2.14. The lowest BCUT2D eigenvalue weighted by Crippen LogP contribution is -2.15. The minimum atomic E-state index is -4.85. The Balaban J connectivity index is 3.39. The molecule has 0 radical (unpaired) electrons. The Kier molecular flexibility index (Phi) is 3.88. The lowest BCUT2D eigenvalue weighted by Gasteiger charge is -2.14. The van der Waals surface area contributed by atoms with Crippen LogP contribution < -0.4 is 0 Å². The van der Waals surface area contributed by atoms with Gasteiger partial charge in [-0.05, 0) is 18.1 Å². The summed E-state index contributed by atoms with van der Waals surface area (Å²) in [7, 11) is 0. The monoisotopic (exact) mass is 269 g/mol. The van der Waals surface area contributed by atoms with E-state index in [2.05, 4.69) is 4.98 Å². The zero-order chi connectivity index (χ0) is 14.1. The number of carboxylic acids is 1. The third kappa shape index (κ3) is 3.14. The summed E-state index contributed by atoms with van der Waals surface area (Å²) in [5.74, 6) is -1.42. The molecule has 18 heavy (non-hydrogen) atoms. The van der Waals surface area contributed by atoms with Gasteiger partial charge in [0, 0.05) is 0 Å². The third-order valence-corrected chi connectivity index (χ3v) is 2.14. The van der Waals surface area contributed by atoms with Crippen molar-refractivity contribution in [3.63, 3.8) is 0 Å². The van der Waals surface area contributed by atoms with E-state index in [1.807, 2.05) is 0 Å². The molecule has 0 fully saturated rings. The zero-order valence-corrected chi connectivity index (χ0v) is 9.05. The number of pyridine rings is 1. The fourth-order valence-electron chi connectivity index (χ4n) is 1.46. The second-order valence-corrected chi connectivity index (χ2v) is 3.57. The SMILES string of the molecule is Cc1cc(CC(=O)O)c(C(F)F)nc1C(F)(F)F. The van der Waals surface area contributed by atoms with Crippen molar-refractivity contribution in [1.82, 2.24) is 4.98 Å². The first-order valence-corrected chi connectivity index (χ1v) is 4.70. The average molecular weight is 269 g/mol. The Hall–Kier alpha value is -1.73. The van der Waals surface area contributed by atoms with Crippen LogP contribution in [0, 0.1) is 6.92 Å². The van der Waals surface area contributed by atoms with Gasteiger partial charge in [0.25, 0.3) is 6.43 Å². The second kappa shape index (κ2) is 4.87. The molecule has 0 unspecified atom stereocenters. The number of aryl methyl sites for hydroxylation is 1. The number of carboxylic acid groups (broad SMARTS) is 1. The summed E-state index contributed by atoms with van der Waals surface area (Å²) in [6.45, 7) is 1.04. The average Bonchev–Trinajstić information content (AvgIpc) is 2.13. The molecule has 1 aromatic heterocycles. The number of alkyl halides is 5. The highest BCUT2D eigenvalue weighted by Gasteiger charge is 2.36. The fourth-order valence-corrected chi connectivity index (χ4v) is 1.46. The van der Waals surface area contributed by atoms with Gasteiger partial charge in [0.15, 0.2) is 0 Å². The van der Waals surface area contributed by atoms with E-state index in [-0.39, 0.29) is 5.56 Å². The number of aromatic nitrogens is 1. The smallest absolute Gasteiger partial charge is 0.433 e. The topological polar surface area (TPSA) is 50.2 Å². The quantitative estimate of drug-likeness (QED) is 0.858. The standard InChI is InChI=1S/C10H8F5NO2/c1-4-2-5(3-6(17)18)7(9(11)12)16-8(4)10(13,14)15/h2,9H,3H2,1H3,(H,17,18). The molecule has 1 heterocycles. The van der Waals surface area contributed by atoms with Gasteiger partial charge in [0.2, 0.25) is 0 Å². The number of hydrogen-bond acceptors (Lipinski definition) is 2. The van der Waals surface area contributed by atoms with E-state index in [9.17, 15) is 26.7 Å². The number of rotatable bonds is 3. The first-order valence-electron chi connectivity index (χ1n) is 4.70. The summed E-state index contributed by atoms with van der Waals surface area (Å²) < 4.78 is 62.5. The Labute approximate surface area is 98.3 Å². The lowest BCUT2D eigenvalue weighted by molar-refractivity contribution is -0.141. The van der Waals surface area contributed by atoms with Gasteiger partial charge in [-0.2, -0.15) is 13.2 Å². The summed E-state index contributed by atoms with van der Waals surface area (Å²) in [5.41, 5.74) is -3.37. The van der Waals surface area contributed by atoms with E-state index in [4.69, 9.17) is 5.11 Å². The predicted molar refractivity (Wildman–Crippen MR) is 50.3 cm³/mol. The highest BCUT2D eigenvalue weighted by molar-refractivity contribution is 5.70. The summed E-state index contributed by atoms with van der Waals surface area (Å²) >= 11 is 0. The molecule has 0 saturated carbocycles. The molecule has 0 aliphatic carbocycles. The fraction of sp³-hybridized carbons (Fsp3) is 0.400. The van der Waals surface area contributed by atoms with Crippen molar-refractivity contribution in [3.05, 3.63) is 28.6 Å². The Morgan fingerprint density at radius 3 is 2.39 bits per heavy atom. The van der Waals surface area contributed by atoms with Gasteiger partial charge in [-0.1, -0.05) is 6.07 Å². The van der Waals surface area contributed by atoms with Crippen LogP contribution in [-0.4, -0.2) is 16.1 Å². The molecule has 0 aliphatic heterocycles. The molecule has 0 spiro atoms. The van der Waals surface area contributed by atoms with Gasteiger partial charge in [-0.3, -0.25) is 4.79 Å². The van der Waals surface area contributed by atoms with Crippen molar-refractivity contribution in [2.75, 3.05) is 0 Å². The van der Waals surface area contributed by atoms with E-state index in [0.29, 0.717) is 0 Å². The van der Waals surface area contributed by atoms with Gasteiger partial charge in [-0.25, -0.2) is 13.8 Å². The van der Waals surface area contributed by atoms with Crippen LogP contribution in [0.25, 0.3) is 0 Å². The Morgan fingerprint density at radius 2 is 2.00 bits per heavy atom. The van der Waals surface area contributed by atoms with Crippen LogP contribution in [0.3, 0.4) is 0 Å². The largest absolute Gasteiger partial charge is 0.481 e. The van der Waals surface area contributed by atoms with Crippen molar-refractivity contribution in [2.45, 2.75) is 25.9 Å². The van der Waals surface area contributed by atoms with Crippen molar-refractivity contribution in [1.29, 1.82) is 0 Å². The molecule has 100 valence electrons. The maximum Gasteiger partial charge on any atom is 0.433 e. The predicted octanol–water partition coefficient (Wildman–Crippen LogP) is 2.97. The van der Waals surface area contributed by atoms with Gasteiger partial charge >= 0.3 is 12.1 Å². The van der Waals surface area contributed by atoms with Gasteiger partial charge in [-0.15, -0.1) is 0 Å². The van der Waals surface area contributed by atoms with Crippen molar-refractivity contribution in [3.8, 4) is 0 Å². The summed E-state index contributed by atoms with van der Waals surface area (Å²) in [6.07, 6.45) is -8.91. The van der Waals surface area contributed by atoms with Crippen LogP contribution in [0.4, 0.5) is 22.0 Å². The Morgan fingerprint density at radius 1 is 1.44 bits per heavy atom. The summed E-state index contributed by atoms with van der Waals surface area (Å²) in [4.78, 5) is 13.3. The molecule has 0 aromatic carbocycles. The Bertz CT molecular complexity index is 470. The number of hydrogen-bond donors (Lipinski definition) is 1. The second-order valence-electron chi connectivity index (χ2n) is 3.57. The van der Waals surface area contributed by atoms with E-state index in [1.165, 1.54) is 0 Å². The molecule has 0 amide bonds. The molecular weight excluding hydrogens is 261 g/mol. The molecule has 8 heteroatoms. The number of aliphatic carboxylic acids is 1. The molecular formula is C10H8F5NO2. The van der Waals surface area contributed by atoms with Gasteiger partial charge < -0.3 is 5.11 Å². The molecule has 3 nitrogen and oxygen atoms in total. The van der Waals surface area contributed by atoms with E-state index in [1.54, 1.807) is 0 Å². The first-order chi connectivity index (χ1) is 8.12. The zero-order valence-electron chi connectivity index (χ0n) is 9.05. The molecule has 1 aromatic rings. The molecule has 0 bridgehead atoms. The molecule has 0 aliphatic rings.